The molecule has 0 unspecified atom stereocenters. The van der Waals surface area contributed by atoms with E-state index in [1.54, 1.807) is 35.2 Å². The van der Waals surface area contributed by atoms with Crippen LogP contribution in [0, 0.1) is 0 Å². The molecular formula is C31H37Cl2N3O4S. The summed E-state index contributed by atoms with van der Waals surface area (Å²) in [7, 11) is -3.61. The van der Waals surface area contributed by atoms with Crippen molar-refractivity contribution in [3.63, 3.8) is 0 Å². The van der Waals surface area contributed by atoms with Crippen LogP contribution in [0.15, 0.2) is 78.9 Å². The number of sulfonamides is 1. The molecule has 0 aromatic heterocycles. The number of benzene rings is 3. The minimum atomic E-state index is -3.61. The van der Waals surface area contributed by atoms with Crippen molar-refractivity contribution < 1.29 is 18.0 Å². The molecule has 1 N–H and O–H groups in total. The third kappa shape index (κ3) is 9.76. The van der Waals surface area contributed by atoms with Crippen LogP contribution in [0.4, 0.5) is 5.69 Å². The third-order valence-electron chi connectivity index (χ3n) is 6.84. The van der Waals surface area contributed by atoms with E-state index in [9.17, 15) is 18.0 Å². The minimum absolute atomic E-state index is 0.0337. The molecule has 10 heteroatoms. The lowest BCUT2D eigenvalue weighted by atomic mass is 10.0. The van der Waals surface area contributed by atoms with Gasteiger partial charge in [-0.2, -0.15) is 0 Å². The molecule has 0 aliphatic heterocycles. The Bertz CT molecular complexity index is 1400. The largest absolute Gasteiger partial charge is 0.352 e. The average molecular weight is 619 g/mol. The van der Waals surface area contributed by atoms with Crippen LogP contribution in [0.2, 0.25) is 10.0 Å². The number of anilines is 1. The average Bonchev–Trinajstić information content (AvgIpc) is 2.94. The fraction of sp³-hybridized carbons (Fsp3) is 0.355. The van der Waals surface area contributed by atoms with Crippen LogP contribution in [0.1, 0.15) is 44.2 Å². The van der Waals surface area contributed by atoms with E-state index < -0.39 is 16.1 Å². The van der Waals surface area contributed by atoms with E-state index in [2.05, 4.69) is 5.32 Å². The number of amides is 2. The number of carbonyl (C=O) groups is 2. The van der Waals surface area contributed by atoms with Gasteiger partial charge in [0, 0.05) is 42.0 Å². The van der Waals surface area contributed by atoms with Crippen molar-refractivity contribution in [1.82, 2.24) is 10.2 Å². The first-order valence-corrected chi connectivity index (χ1v) is 16.2. The number of nitrogens with one attached hydrogen (secondary N) is 1. The Balaban J connectivity index is 1.89. The van der Waals surface area contributed by atoms with E-state index in [-0.39, 0.29) is 43.8 Å². The molecule has 0 heterocycles. The molecule has 0 spiro atoms. The number of rotatable bonds is 14. The van der Waals surface area contributed by atoms with Crippen molar-refractivity contribution in [1.29, 1.82) is 0 Å². The highest BCUT2D eigenvalue weighted by Crippen LogP contribution is 2.23. The Labute approximate surface area is 253 Å². The highest BCUT2D eigenvalue weighted by atomic mass is 35.5. The quantitative estimate of drug-likeness (QED) is 0.237. The van der Waals surface area contributed by atoms with Gasteiger partial charge in [0.05, 0.1) is 11.9 Å². The van der Waals surface area contributed by atoms with Crippen molar-refractivity contribution in [2.24, 2.45) is 0 Å². The number of hydrogen-bond acceptors (Lipinski definition) is 4. The third-order valence-corrected chi connectivity index (χ3v) is 8.65. The predicted octanol–water partition coefficient (Wildman–Crippen LogP) is 6.09. The van der Waals surface area contributed by atoms with Gasteiger partial charge in [0.2, 0.25) is 21.8 Å². The van der Waals surface area contributed by atoms with Crippen LogP contribution in [0.3, 0.4) is 0 Å². The summed E-state index contributed by atoms with van der Waals surface area (Å²) >= 11 is 12.5. The highest BCUT2D eigenvalue weighted by Gasteiger charge is 2.31. The second-order valence-electron chi connectivity index (χ2n) is 10.1. The summed E-state index contributed by atoms with van der Waals surface area (Å²) in [6, 6.07) is 22.4. The predicted molar refractivity (Wildman–Crippen MR) is 167 cm³/mol. The maximum atomic E-state index is 13.9. The topological polar surface area (TPSA) is 86.8 Å². The first-order chi connectivity index (χ1) is 19.5. The lowest BCUT2D eigenvalue weighted by Gasteiger charge is -2.33. The van der Waals surface area contributed by atoms with Crippen molar-refractivity contribution in [2.75, 3.05) is 17.1 Å². The Morgan fingerprint density at radius 1 is 0.927 bits per heavy atom. The summed E-state index contributed by atoms with van der Waals surface area (Å²) in [6.07, 6.45) is 2.47. The number of carbonyl (C=O) groups excluding carboxylic acids is 2. The minimum Gasteiger partial charge on any atom is -0.352 e. The summed E-state index contributed by atoms with van der Waals surface area (Å²) in [5, 5.41) is 4.03. The van der Waals surface area contributed by atoms with Crippen LogP contribution < -0.4 is 9.62 Å². The molecule has 0 saturated carbocycles. The fourth-order valence-corrected chi connectivity index (χ4v) is 5.70. The van der Waals surface area contributed by atoms with Crippen LogP contribution in [0.25, 0.3) is 0 Å². The zero-order valence-electron chi connectivity index (χ0n) is 23.6. The Morgan fingerprint density at radius 2 is 1.56 bits per heavy atom. The van der Waals surface area contributed by atoms with Gasteiger partial charge in [-0.1, -0.05) is 78.7 Å². The van der Waals surface area contributed by atoms with Crippen molar-refractivity contribution in [3.05, 3.63) is 100 Å². The smallest absolute Gasteiger partial charge is 0.243 e. The molecule has 41 heavy (non-hydrogen) atoms. The Kier molecular flexibility index (Phi) is 12.1. The summed E-state index contributed by atoms with van der Waals surface area (Å²) in [6.45, 7) is 4.14. The number of hydrogen-bond donors (Lipinski definition) is 1. The summed E-state index contributed by atoms with van der Waals surface area (Å²) in [5.74, 6) is -0.516. The first kappa shape index (κ1) is 32.4. The molecule has 3 aromatic rings. The van der Waals surface area contributed by atoms with Crippen LogP contribution in [-0.4, -0.2) is 50.0 Å². The normalized spacial score (nSPS) is 12.8. The highest BCUT2D eigenvalue weighted by molar-refractivity contribution is 7.92. The van der Waals surface area contributed by atoms with Gasteiger partial charge in [-0.05, 0) is 61.2 Å². The lowest BCUT2D eigenvalue weighted by Crippen LogP contribution is -2.52. The Hall–Kier alpha value is -3.07. The van der Waals surface area contributed by atoms with Gasteiger partial charge in [0.25, 0.3) is 0 Å². The molecule has 0 saturated heterocycles. The standard InChI is InChI=1S/C31H37Cl2N3O4S/c1-4-23(2)34-31(38)29(21-24-11-6-5-7-12-24)35(22-25-13-8-9-14-28(25)33)30(37)15-10-20-36(41(3,39)40)27-18-16-26(32)17-19-27/h5-9,11-14,16-19,23,29H,4,10,15,20-22H2,1-3H3,(H,34,38)/t23-,29-/m0/s1. The molecule has 0 radical (unpaired) electrons. The number of halogens is 2. The molecule has 2 atom stereocenters. The van der Waals surface area contributed by atoms with Crippen molar-refractivity contribution >= 4 is 50.7 Å². The molecule has 7 nitrogen and oxygen atoms in total. The van der Waals surface area contributed by atoms with Crippen LogP contribution in [-0.2, 0) is 32.6 Å². The fourth-order valence-electron chi connectivity index (χ4n) is 4.42. The Morgan fingerprint density at radius 3 is 2.17 bits per heavy atom. The van der Waals surface area contributed by atoms with E-state index in [1.807, 2.05) is 62.4 Å². The number of nitrogens with zero attached hydrogens (tertiary/aromatic N) is 2. The molecule has 220 valence electrons. The summed E-state index contributed by atoms with van der Waals surface area (Å²) in [5.41, 5.74) is 2.10. The van der Waals surface area contributed by atoms with Gasteiger partial charge in [0.15, 0.2) is 0 Å². The van der Waals surface area contributed by atoms with Crippen molar-refractivity contribution in [3.8, 4) is 0 Å². The van der Waals surface area contributed by atoms with Gasteiger partial charge in [-0.3, -0.25) is 13.9 Å². The molecule has 3 rings (SSSR count). The molecule has 3 aromatic carbocycles. The van der Waals surface area contributed by atoms with Gasteiger partial charge in [0.1, 0.15) is 6.04 Å². The monoisotopic (exact) mass is 617 g/mol. The van der Waals surface area contributed by atoms with E-state index in [0.717, 1.165) is 23.8 Å². The second kappa shape index (κ2) is 15.2. The lowest BCUT2D eigenvalue weighted by molar-refractivity contribution is -0.141. The van der Waals surface area contributed by atoms with E-state index >= 15 is 0 Å². The second-order valence-corrected chi connectivity index (χ2v) is 12.8. The van der Waals surface area contributed by atoms with E-state index in [0.29, 0.717) is 22.2 Å². The van der Waals surface area contributed by atoms with Gasteiger partial charge >= 0.3 is 0 Å². The van der Waals surface area contributed by atoms with Gasteiger partial charge in [-0.15, -0.1) is 0 Å². The van der Waals surface area contributed by atoms with E-state index in [4.69, 9.17) is 23.2 Å². The zero-order chi connectivity index (χ0) is 30.0. The summed E-state index contributed by atoms with van der Waals surface area (Å²) < 4.78 is 26.4. The van der Waals surface area contributed by atoms with Gasteiger partial charge < -0.3 is 10.2 Å². The zero-order valence-corrected chi connectivity index (χ0v) is 25.9. The van der Waals surface area contributed by atoms with E-state index in [1.165, 1.54) is 4.31 Å². The van der Waals surface area contributed by atoms with Crippen LogP contribution in [0.5, 0.6) is 0 Å². The SMILES string of the molecule is CC[C@H](C)NC(=O)[C@H](Cc1ccccc1)N(Cc1ccccc1Cl)C(=O)CCCN(c1ccc(Cl)cc1)S(C)(=O)=O. The molecular weight excluding hydrogens is 581 g/mol. The van der Waals surface area contributed by atoms with Crippen molar-refractivity contribution in [2.45, 2.75) is 58.2 Å². The van der Waals surface area contributed by atoms with Crippen LogP contribution >= 0.6 is 23.2 Å². The maximum absolute atomic E-state index is 13.9. The van der Waals surface area contributed by atoms with Gasteiger partial charge in [-0.25, -0.2) is 8.42 Å². The molecule has 2 amide bonds. The molecule has 0 bridgehead atoms. The maximum Gasteiger partial charge on any atom is 0.243 e. The molecule has 0 aliphatic rings. The molecule has 0 fully saturated rings. The molecule has 0 aliphatic carbocycles. The first-order valence-electron chi connectivity index (χ1n) is 13.6. The summed E-state index contributed by atoms with van der Waals surface area (Å²) in [4.78, 5) is 29.1.